The first kappa shape index (κ1) is 13.2. The number of hydrogen-bond acceptors (Lipinski definition) is 3. The lowest BCUT2D eigenvalue weighted by Crippen LogP contribution is -2.13. The van der Waals surface area contributed by atoms with Gasteiger partial charge in [-0.1, -0.05) is 12.1 Å². The summed E-state index contributed by atoms with van der Waals surface area (Å²) in [7, 11) is 0. The fraction of sp³-hybridized carbons (Fsp3) is 0.0714. The standard InChI is InChI=1S/C14H10F2N4O/c15-10-5-1-3-8(11(10)16)7-20-14-9(4-2-6-18-14)12(19-20)13(17)21/h1-6H,7H2,(H2,17,21). The largest absolute Gasteiger partial charge is 0.364 e. The van der Waals surface area contributed by atoms with Crippen molar-refractivity contribution in [2.45, 2.75) is 6.54 Å². The van der Waals surface area contributed by atoms with E-state index in [9.17, 15) is 13.6 Å². The minimum atomic E-state index is -0.947. The van der Waals surface area contributed by atoms with E-state index in [0.29, 0.717) is 11.0 Å². The Bertz CT molecular complexity index is 844. The molecule has 7 heteroatoms. The van der Waals surface area contributed by atoms with Crippen LogP contribution in [-0.2, 0) is 6.54 Å². The molecule has 0 atom stereocenters. The first-order valence-corrected chi connectivity index (χ1v) is 6.12. The molecule has 0 saturated heterocycles. The van der Waals surface area contributed by atoms with Crippen LogP contribution in [0.3, 0.4) is 0 Å². The molecule has 0 unspecified atom stereocenters. The summed E-state index contributed by atoms with van der Waals surface area (Å²) >= 11 is 0. The predicted octanol–water partition coefficient (Wildman–Crippen LogP) is 1.86. The van der Waals surface area contributed by atoms with Crippen molar-refractivity contribution in [3.05, 3.63) is 59.4 Å². The van der Waals surface area contributed by atoms with E-state index in [1.807, 2.05) is 0 Å². The average Bonchev–Trinajstić information content (AvgIpc) is 2.83. The third kappa shape index (κ3) is 2.22. The summed E-state index contributed by atoms with van der Waals surface area (Å²) in [6.45, 7) is -0.0512. The summed E-state index contributed by atoms with van der Waals surface area (Å²) in [5, 5.41) is 4.52. The van der Waals surface area contributed by atoms with Crippen molar-refractivity contribution in [3.8, 4) is 0 Å². The van der Waals surface area contributed by atoms with Crippen LogP contribution in [0.4, 0.5) is 8.78 Å². The zero-order chi connectivity index (χ0) is 15.0. The van der Waals surface area contributed by atoms with Crippen molar-refractivity contribution < 1.29 is 13.6 Å². The molecule has 1 amide bonds. The Morgan fingerprint density at radius 3 is 2.81 bits per heavy atom. The van der Waals surface area contributed by atoms with Crippen molar-refractivity contribution >= 4 is 16.9 Å². The van der Waals surface area contributed by atoms with E-state index >= 15 is 0 Å². The summed E-state index contributed by atoms with van der Waals surface area (Å²) < 4.78 is 28.3. The van der Waals surface area contributed by atoms with Gasteiger partial charge >= 0.3 is 0 Å². The number of aromatic nitrogens is 3. The molecule has 106 valence electrons. The van der Waals surface area contributed by atoms with Gasteiger partial charge in [-0.3, -0.25) is 4.79 Å². The molecule has 0 aliphatic rings. The molecule has 0 fully saturated rings. The van der Waals surface area contributed by atoms with Gasteiger partial charge in [-0.25, -0.2) is 18.4 Å². The van der Waals surface area contributed by atoms with Gasteiger partial charge in [0.25, 0.3) is 5.91 Å². The lowest BCUT2D eigenvalue weighted by atomic mass is 10.2. The third-order valence-electron chi connectivity index (χ3n) is 3.09. The Morgan fingerprint density at radius 1 is 1.24 bits per heavy atom. The number of nitrogens with zero attached hydrogens (tertiary/aromatic N) is 3. The van der Waals surface area contributed by atoms with Crippen LogP contribution in [0.2, 0.25) is 0 Å². The van der Waals surface area contributed by atoms with Crippen molar-refractivity contribution in [1.29, 1.82) is 0 Å². The Kier molecular flexibility index (Phi) is 3.09. The monoisotopic (exact) mass is 288 g/mol. The fourth-order valence-electron chi connectivity index (χ4n) is 2.13. The van der Waals surface area contributed by atoms with Gasteiger partial charge in [0.1, 0.15) is 0 Å². The van der Waals surface area contributed by atoms with Gasteiger partial charge in [0.05, 0.1) is 11.9 Å². The zero-order valence-electron chi connectivity index (χ0n) is 10.8. The molecule has 0 radical (unpaired) electrons. The number of amides is 1. The molecule has 0 saturated carbocycles. The van der Waals surface area contributed by atoms with Gasteiger partial charge in [0.2, 0.25) is 0 Å². The number of carbonyl (C=O) groups excluding carboxylic acids is 1. The molecule has 5 nitrogen and oxygen atoms in total. The van der Waals surface area contributed by atoms with E-state index < -0.39 is 17.5 Å². The molecule has 3 aromatic rings. The molecule has 2 N–H and O–H groups in total. The number of primary amides is 1. The Labute approximate surface area is 118 Å². The average molecular weight is 288 g/mol. The maximum Gasteiger partial charge on any atom is 0.269 e. The number of rotatable bonds is 3. The second kappa shape index (κ2) is 4.93. The summed E-state index contributed by atoms with van der Waals surface area (Å²) in [6, 6.07) is 7.17. The molecule has 2 aromatic heterocycles. The van der Waals surface area contributed by atoms with E-state index in [1.165, 1.54) is 23.0 Å². The molecule has 21 heavy (non-hydrogen) atoms. The smallest absolute Gasteiger partial charge is 0.269 e. The van der Waals surface area contributed by atoms with Crippen LogP contribution in [0.5, 0.6) is 0 Å². The van der Waals surface area contributed by atoms with Crippen LogP contribution in [-0.4, -0.2) is 20.7 Å². The van der Waals surface area contributed by atoms with Gasteiger partial charge < -0.3 is 5.73 Å². The van der Waals surface area contributed by atoms with Gasteiger partial charge in [0.15, 0.2) is 23.0 Å². The second-order valence-electron chi connectivity index (χ2n) is 4.46. The number of hydrogen-bond donors (Lipinski definition) is 1. The van der Waals surface area contributed by atoms with Gasteiger partial charge in [0, 0.05) is 11.8 Å². The van der Waals surface area contributed by atoms with Gasteiger partial charge in [-0.2, -0.15) is 5.10 Å². The first-order chi connectivity index (χ1) is 10.1. The quantitative estimate of drug-likeness (QED) is 0.799. The third-order valence-corrected chi connectivity index (χ3v) is 3.09. The Hall–Kier alpha value is -2.83. The number of nitrogens with two attached hydrogens (primary N) is 1. The highest BCUT2D eigenvalue weighted by molar-refractivity contribution is 6.03. The van der Waals surface area contributed by atoms with E-state index in [4.69, 9.17) is 5.73 Å². The number of fused-ring (bicyclic) bond motifs is 1. The predicted molar refractivity (Wildman–Crippen MR) is 71.5 cm³/mol. The molecule has 0 bridgehead atoms. The lowest BCUT2D eigenvalue weighted by Gasteiger charge is -2.05. The molecule has 1 aromatic carbocycles. The van der Waals surface area contributed by atoms with Gasteiger partial charge in [-0.15, -0.1) is 0 Å². The second-order valence-corrected chi connectivity index (χ2v) is 4.46. The van der Waals surface area contributed by atoms with Crippen molar-refractivity contribution in [2.75, 3.05) is 0 Å². The molecule has 0 spiro atoms. The SMILES string of the molecule is NC(=O)c1nn(Cc2cccc(F)c2F)c2ncccc12. The van der Waals surface area contributed by atoms with Crippen LogP contribution >= 0.6 is 0 Å². The topological polar surface area (TPSA) is 73.8 Å². The fourth-order valence-corrected chi connectivity index (χ4v) is 2.13. The number of carbonyl (C=O) groups is 1. The summed E-state index contributed by atoms with van der Waals surface area (Å²) in [5.74, 6) is -2.59. The van der Waals surface area contributed by atoms with Crippen LogP contribution in [0, 0.1) is 11.6 Å². The van der Waals surface area contributed by atoms with E-state index in [0.717, 1.165) is 6.07 Å². The van der Waals surface area contributed by atoms with Crippen LogP contribution in [0.15, 0.2) is 36.5 Å². The van der Waals surface area contributed by atoms with Crippen molar-refractivity contribution in [1.82, 2.24) is 14.8 Å². The molecule has 0 aliphatic heterocycles. The number of halogens is 2. The number of benzene rings is 1. The minimum absolute atomic E-state index is 0.0508. The van der Waals surface area contributed by atoms with Crippen LogP contribution < -0.4 is 5.73 Å². The Balaban J connectivity index is 2.13. The van der Waals surface area contributed by atoms with Crippen LogP contribution in [0.1, 0.15) is 16.1 Å². The van der Waals surface area contributed by atoms with E-state index in [1.54, 1.807) is 12.1 Å². The summed E-state index contributed by atoms with van der Waals surface area (Å²) in [6.07, 6.45) is 1.52. The van der Waals surface area contributed by atoms with Gasteiger partial charge in [-0.05, 0) is 18.2 Å². The minimum Gasteiger partial charge on any atom is -0.364 e. The molecule has 3 rings (SSSR count). The molecule has 0 aliphatic carbocycles. The summed E-state index contributed by atoms with van der Waals surface area (Å²) in [5.41, 5.74) is 5.81. The normalized spacial score (nSPS) is 11.0. The first-order valence-electron chi connectivity index (χ1n) is 6.12. The molecular formula is C14H10F2N4O. The zero-order valence-corrected chi connectivity index (χ0v) is 10.8. The maximum absolute atomic E-state index is 13.7. The van der Waals surface area contributed by atoms with Crippen molar-refractivity contribution in [2.24, 2.45) is 5.73 Å². The van der Waals surface area contributed by atoms with E-state index in [2.05, 4.69) is 10.1 Å². The maximum atomic E-state index is 13.7. The van der Waals surface area contributed by atoms with Crippen molar-refractivity contribution in [3.63, 3.8) is 0 Å². The molecule has 2 heterocycles. The highest BCUT2D eigenvalue weighted by Gasteiger charge is 2.17. The highest BCUT2D eigenvalue weighted by atomic mass is 19.2. The summed E-state index contributed by atoms with van der Waals surface area (Å²) in [4.78, 5) is 15.5. The number of pyridine rings is 1. The Morgan fingerprint density at radius 2 is 2.05 bits per heavy atom. The highest BCUT2D eigenvalue weighted by Crippen LogP contribution is 2.19. The van der Waals surface area contributed by atoms with Crippen LogP contribution in [0.25, 0.3) is 11.0 Å². The van der Waals surface area contributed by atoms with E-state index in [-0.39, 0.29) is 17.8 Å². The molecular weight excluding hydrogens is 278 g/mol. The lowest BCUT2D eigenvalue weighted by molar-refractivity contribution is 0.0996.